The maximum Gasteiger partial charge on any atom is 0.142 e. The highest BCUT2D eigenvalue weighted by Gasteiger charge is 2.21. The second kappa shape index (κ2) is 5.55. The van der Waals surface area contributed by atoms with Crippen molar-refractivity contribution in [2.75, 3.05) is 11.9 Å². The van der Waals surface area contributed by atoms with Crippen LogP contribution in [0.4, 0.5) is 5.69 Å². The molecule has 0 aliphatic heterocycles. The van der Waals surface area contributed by atoms with Crippen molar-refractivity contribution in [2.45, 2.75) is 47.1 Å². The highest BCUT2D eigenvalue weighted by atomic mass is 16.1. The molecule has 0 fully saturated rings. The van der Waals surface area contributed by atoms with Gasteiger partial charge in [-0.25, -0.2) is 0 Å². The van der Waals surface area contributed by atoms with Gasteiger partial charge < -0.3 is 4.90 Å². The van der Waals surface area contributed by atoms with E-state index in [9.17, 15) is 4.79 Å². The van der Waals surface area contributed by atoms with Crippen molar-refractivity contribution >= 4 is 11.5 Å². The van der Waals surface area contributed by atoms with Crippen molar-refractivity contribution in [3.8, 4) is 0 Å². The lowest BCUT2D eigenvalue weighted by atomic mass is 9.87. The van der Waals surface area contributed by atoms with Crippen LogP contribution < -0.4 is 4.90 Å². The van der Waals surface area contributed by atoms with E-state index in [4.69, 9.17) is 0 Å². The second-order valence-electron chi connectivity index (χ2n) is 6.22. The molecule has 0 saturated heterocycles. The van der Waals surface area contributed by atoms with Crippen LogP contribution in [0.5, 0.6) is 0 Å². The Labute approximate surface area is 111 Å². The van der Waals surface area contributed by atoms with Crippen LogP contribution in [0.3, 0.4) is 0 Å². The fraction of sp³-hybridized carbons (Fsp3) is 0.562. The Morgan fingerprint density at radius 1 is 1.17 bits per heavy atom. The molecule has 0 amide bonds. The Kier molecular flexibility index (Phi) is 4.55. The normalized spacial score (nSPS) is 11.7. The first-order valence-electron chi connectivity index (χ1n) is 6.57. The fourth-order valence-electron chi connectivity index (χ4n) is 1.60. The van der Waals surface area contributed by atoms with Gasteiger partial charge in [-0.1, -0.05) is 32.9 Å². The first-order valence-corrected chi connectivity index (χ1v) is 6.57. The third-order valence-electron chi connectivity index (χ3n) is 3.32. The van der Waals surface area contributed by atoms with Gasteiger partial charge in [0.15, 0.2) is 0 Å². The molecule has 0 aliphatic rings. The van der Waals surface area contributed by atoms with Crippen molar-refractivity contribution in [1.82, 2.24) is 0 Å². The molecule has 0 bridgehead atoms. The molecule has 0 spiro atoms. The zero-order valence-electron chi connectivity index (χ0n) is 12.4. The number of carbonyl (C=O) groups excluding carboxylic acids is 1. The molecule has 1 aromatic carbocycles. The largest absolute Gasteiger partial charge is 0.372 e. The molecule has 1 aromatic rings. The summed E-state index contributed by atoms with van der Waals surface area (Å²) in [5, 5.41) is 0. The minimum absolute atomic E-state index is 0.257. The van der Waals surface area contributed by atoms with Crippen molar-refractivity contribution in [1.29, 1.82) is 0 Å². The average molecular weight is 247 g/mol. The summed E-state index contributed by atoms with van der Waals surface area (Å²) in [6.45, 7) is 10.2. The van der Waals surface area contributed by atoms with E-state index in [1.165, 1.54) is 5.69 Å². The molecule has 0 N–H and O–H groups in total. The highest BCUT2D eigenvalue weighted by Crippen LogP contribution is 2.20. The van der Waals surface area contributed by atoms with Crippen LogP contribution in [0, 0.1) is 5.41 Å². The van der Waals surface area contributed by atoms with E-state index in [1.807, 2.05) is 20.8 Å². The van der Waals surface area contributed by atoms with Gasteiger partial charge >= 0.3 is 0 Å². The van der Waals surface area contributed by atoms with Crippen LogP contribution in [0.15, 0.2) is 24.3 Å². The molecule has 0 radical (unpaired) electrons. The molecule has 2 heteroatoms. The van der Waals surface area contributed by atoms with Crippen molar-refractivity contribution < 1.29 is 4.79 Å². The summed E-state index contributed by atoms with van der Waals surface area (Å²) in [7, 11) is 2.08. The first kappa shape index (κ1) is 14.7. The minimum atomic E-state index is -0.257. The Bertz CT molecular complexity index is 398. The van der Waals surface area contributed by atoms with E-state index in [0.29, 0.717) is 12.5 Å². The maximum atomic E-state index is 12.0. The number of ketones is 1. The molecule has 18 heavy (non-hydrogen) atoms. The molecule has 0 atom stereocenters. The van der Waals surface area contributed by atoms with Gasteiger partial charge in [0, 0.05) is 30.6 Å². The molecule has 1 rings (SSSR count). The summed E-state index contributed by atoms with van der Waals surface area (Å²) < 4.78 is 0. The summed E-state index contributed by atoms with van der Waals surface area (Å²) in [4.78, 5) is 14.2. The van der Waals surface area contributed by atoms with Gasteiger partial charge in [0.2, 0.25) is 0 Å². The number of nitrogens with zero attached hydrogens (tertiary/aromatic N) is 1. The van der Waals surface area contributed by atoms with Gasteiger partial charge in [-0.05, 0) is 31.5 Å². The quantitative estimate of drug-likeness (QED) is 0.808. The Balaban J connectivity index is 2.75. The van der Waals surface area contributed by atoms with Crippen molar-refractivity contribution in [3.05, 3.63) is 29.8 Å². The van der Waals surface area contributed by atoms with Gasteiger partial charge in [0.25, 0.3) is 0 Å². The molecular weight excluding hydrogens is 222 g/mol. The lowest BCUT2D eigenvalue weighted by molar-refractivity contribution is -0.125. The van der Waals surface area contributed by atoms with Gasteiger partial charge in [0.1, 0.15) is 5.78 Å². The van der Waals surface area contributed by atoms with Gasteiger partial charge in [-0.15, -0.1) is 0 Å². The SMILES string of the molecule is CC(C)N(C)c1ccc(CC(=O)C(C)(C)C)cc1. The standard InChI is InChI=1S/C16H25NO/c1-12(2)17(6)14-9-7-13(8-10-14)11-15(18)16(3,4)5/h7-10,12H,11H2,1-6H3. The number of Topliss-reactive ketones (excluding diaryl/α,β-unsaturated/α-hetero) is 1. The lowest BCUT2D eigenvalue weighted by Gasteiger charge is -2.24. The molecular formula is C16H25NO. The predicted octanol–water partition coefficient (Wildman–Crippen LogP) is 3.69. The minimum Gasteiger partial charge on any atom is -0.372 e. The fourth-order valence-corrected chi connectivity index (χ4v) is 1.60. The van der Waals surface area contributed by atoms with Crippen LogP contribution in [-0.4, -0.2) is 18.9 Å². The topological polar surface area (TPSA) is 20.3 Å². The molecule has 2 nitrogen and oxygen atoms in total. The highest BCUT2D eigenvalue weighted by molar-refractivity contribution is 5.85. The number of benzene rings is 1. The van der Waals surface area contributed by atoms with Gasteiger partial charge in [-0.2, -0.15) is 0 Å². The molecule has 0 heterocycles. The Morgan fingerprint density at radius 3 is 2.06 bits per heavy atom. The van der Waals surface area contributed by atoms with E-state index in [-0.39, 0.29) is 11.2 Å². The van der Waals surface area contributed by atoms with E-state index in [1.54, 1.807) is 0 Å². The smallest absolute Gasteiger partial charge is 0.142 e. The van der Waals surface area contributed by atoms with Crippen LogP contribution >= 0.6 is 0 Å². The number of hydrogen-bond acceptors (Lipinski definition) is 2. The van der Waals surface area contributed by atoms with E-state index in [2.05, 4.69) is 50.1 Å². The van der Waals surface area contributed by atoms with E-state index in [0.717, 1.165) is 5.56 Å². The summed E-state index contributed by atoms with van der Waals surface area (Å²) in [6.07, 6.45) is 0.523. The van der Waals surface area contributed by atoms with Crippen LogP contribution in [0.1, 0.15) is 40.2 Å². The summed E-state index contributed by atoms with van der Waals surface area (Å²) in [5.41, 5.74) is 2.03. The summed E-state index contributed by atoms with van der Waals surface area (Å²) in [6, 6.07) is 8.76. The van der Waals surface area contributed by atoms with Gasteiger partial charge in [0.05, 0.1) is 0 Å². The Hall–Kier alpha value is -1.31. The summed E-state index contributed by atoms with van der Waals surface area (Å²) >= 11 is 0. The third-order valence-corrected chi connectivity index (χ3v) is 3.32. The van der Waals surface area contributed by atoms with Crippen molar-refractivity contribution in [2.24, 2.45) is 5.41 Å². The van der Waals surface area contributed by atoms with Crippen LogP contribution in [0.25, 0.3) is 0 Å². The zero-order chi connectivity index (χ0) is 13.9. The number of rotatable bonds is 4. The molecule has 0 unspecified atom stereocenters. The Morgan fingerprint density at radius 2 is 1.67 bits per heavy atom. The molecule has 0 aromatic heterocycles. The molecule has 0 aliphatic carbocycles. The van der Waals surface area contributed by atoms with E-state index < -0.39 is 0 Å². The lowest BCUT2D eigenvalue weighted by Crippen LogP contribution is -2.25. The summed E-state index contributed by atoms with van der Waals surface area (Å²) in [5.74, 6) is 0.285. The molecule has 0 saturated carbocycles. The molecule has 100 valence electrons. The van der Waals surface area contributed by atoms with Gasteiger partial charge in [-0.3, -0.25) is 4.79 Å². The average Bonchev–Trinajstić information content (AvgIpc) is 2.27. The number of carbonyl (C=O) groups is 1. The monoisotopic (exact) mass is 247 g/mol. The number of hydrogen-bond donors (Lipinski definition) is 0. The predicted molar refractivity (Wildman–Crippen MR) is 78.1 cm³/mol. The zero-order valence-corrected chi connectivity index (χ0v) is 12.4. The third kappa shape index (κ3) is 3.86. The second-order valence-corrected chi connectivity index (χ2v) is 6.22. The maximum absolute atomic E-state index is 12.0. The van der Waals surface area contributed by atoms with Crippen LogP contribution in [-0.2, 0) is 11.2 Å². The van der Waals surface area contributed by atoms with Crippen molar-refractivity contribution in [3.63, 3.8) is 0 Å². The van der Waals surface area contributed by atoms with Crippen LogP contribution in [0.2, 0.25) is 0 Å². The number of anilines is 1. The van der Waals surface area contributed by atoms with E-state index >= 15 is 0 Å². The first-order chi connectivity index (χ1) is 8.21.